The standard InChI is InChI=1S/C35H37N3O4/c1-25-9-6-11-27(19-25)23-41-33-16-5-4-13-29(33)21-38(18-17-31(36)35(39)40)22-30-14-8-15-32(37-3)34(30)42-24-28-12-7-10-26(2)20-28/h4-16,19-20,31H,17-18,21-24,36H2,1-2H3,(H,39,40)/t31-/m0/s1. The number of aryl methyl sites for hydroxylation is 2. The monoisotopic (exact) mass is 563 g/mol. The van der Waals surface area contributed by atoms with Crippen LogP contribution in [-0.4, -0.2) is 28.6 Å². The molecule has 0 aliphatic heterocycles. The number of nitrogens with zero attached hydrogens (tertiary/aromatic N) is 2. The van der Waals surface area contributed by atoms with Crippen molar-refractivity contribution in [2.75, 3.05) is 6.54 Å². The molecule has 7 heteroatoms. The van der Waals surface area contributed by atoms with Gasteiger partial charge in [-0.2, -0.15) is 0 Å². The van der Waals surface area contributed by atoms with Crippen molar-refractivity contribution >= 4 is 11.7 Å². The second-order valence-corrected chi connectivity index (χ2v) is 10.5. The van der Waals surface area contributed by atoms with Crippen LogP contribution in [0.1, 0.15) is 39.8 Å². The molecule has 0 aromatic heterocycles. The summed E-state index contributed by atoms with van der Waals surface area (Å²) in [5, 5.41) is 9.41. The number of rotatable bonds is 14. The van der Waals surface area contributed by atoms with Gasteiger partial charge in [0.05, 0.1) is 6.57 Å². The summed E-state index contributed by atoms with van der Waals surface area (Å²) in [5.74, 6) is 0.261. The third kappa shape index (κ3) is 8.68. The van der Waals surface area contributed by atoms with Crippen LogP contribution >= 0.6 is 0 Å². The largest absolute Gasteiger partial charge is 0.500 e. The molecule has 4 aromatic rings. The third-order valence-electron chi connectivity index (χ3n) is 6.97. The molecule has 0 saturated heterocycles. The average molecular weight is 564 g/mol. The number of hydrogen-bond donors (Lipinski definition) is 2. The van der Waals surface area contributed by atoms with Crippen molar-refractivity contribution in [3.8, 4) is 11.5 Å². The maximum atomic E-state index is 11.5. The number of ether oxygens (including phenoxy) is 2. The molecular formula is C35H37N3O4. The molecule has 0 heterocycles. The number of nitrogens with two attached hydrogens (primary N) is 1. The van der Waals surface area contributed by atoms with Gasteiger partial charge in [-0.05, 0) is 43.0 Å². The summed E-state index contributed by atoms with van der Waals surface area (Å²) in [7, 11) is 0. The zero-order valence-corrected chi connectivity index (χ0v) is 24.1. The van der Waals surface area contributed by atoms with Gasteiger partial charge in [-0.1, -0.05) is 96.1 Å². The molecule has 0 saturated carbocycles. The summed E-state index contributed by atoms with van der Waals surface area (Å²) >= 11 is 0. The van der Waals surface area contributed by atoms with Crippen LogP contribution in [0.15, 0.2) is 91.0 Å². The third-order valence-corrected chi connectivity index (χ3v) is 6.97. The number of carboxylic acids is 1. The van der Waals surface area contributed by atoms with E-state index in [0.717, 1.165) is 33.6 Å². The van der Waals surface area contributed by atoms with Crippen molar-refractivity contribution in [3.05, 3.63) is 136 Å². The Hall–Kier alpha value is -4.64. The Bertz CT molecular complexity index is 1550. The predicted octanol–water partition coefficient (Wildman–Crippen LogP) is 6.82. The molecule has 4 aromatic carbocycles. The lowest BCUT2D eigenvalue weighted by Crippen LogP contribution is -2.35. The van der Waals surface area contributed by atoms with E-state index in [1.807, 2.05) is 73.7 Å². The lowest BCUT2D eigenvalue weighted by molar-refractivity contribution is -0.138. The van der Waals surface area contributed by atoms with Crippen molar-refractivity contribution < 1.29 is 19.4 Å². The molecule has 0 amide bonds. The van der Waals surface area contributed by atoms with Crippen LogP contribution in [0.3, 0.4) is 0 Å². The second kappa shape index (κ2) is 14.8. The van der Waals surface area contributed by atoms with E-state index < -0.39 is 12.0 Å². The highest BCUT2D eigenvalue weighted by Gasteiger charge is 2.19. The fourth-order valence-corrected chi connectivity index (χ4v) is 4.79. The number of carboxylic acid groups (broad SMARTS) is 1. The van der Waals surface area contributed by atoms with Gasteiger partial charge in [-0.25, -0.2) is 4.85 Å². The van der Waals surface area contributed by atoms with Gasteiger partial charge in [0.15, 0.2) is 0 Å². The van der Waals surface area contributed by atoms with E-state index in [2.05, 4.69) is 34.9 Å². The summed E-state index contributed by atoms with van der Waals surface area (Å²) in [6.45, 7) is 14.0. The Labute approximate surface area is 248 Å². The molecule has 1 atom stereocenters. The summed E-state index contributed by atoms with van der Waals surface area (Å²) in [6, 6.07) is 28.7. The van der Waals surface area contributed by atoms with Crippen molar-refractivity contribution in [1.82, 2.24) is 4.90 Å². The van der Waals surface area contributed by atoms with Crippen molar-refractivity contribution in [3.63, 3.8) is 0 Å². The fraction of sp³-hybridized carbons (Fsp3) is 0.257. The first-order chi connectivity index (χ1) is 20.3. The van der Waals surface area contributed by atoms with E-state index in [0.29, 0.717) is 44.3 Å². The van der Waals surface area contributed by atoms with Gasteiger partial charge in [0.1, 0.15) is 30.8 Å². The molecule has 4 rings (SSSR count). The van der Waals surface area contributed by atoms with Crippen LogP contribution in [0.4, 0.5) is 5.69 Å². The normalized spacial score (nSPS) is 11.6. The van der Waals surface area contributed by atoms with Gasteiger partial charge >= 0.3 is 5.97 Å². The molecule has 0 radical (unpaired) electrons. The minimum absolute atomic E-state index is 0.268. The van der Waals surface area contributed by atoms with E-state index in [-0.39, 0.29) is 6.42 Å². The van der Waals surface area contributed by atoms with Crippen LogP contribution in [0, 0.1) is 20.4 Å². The summed E-state index contributed by atoms with van der Waals surface area (Å²) in [4.78, 5) is 17.3. The molecular weight excluding hydrogens is 526 g/mol. The van der Waals surface area contributed by atoms with Gasteiger partial charge < -0.3 is 20.3 Å². The zero-order valence-electron chi connectivity index (χ0n) is 24.1. The topological polar surface area (TPSA) is 89.4 Å². The minimum Gasteiger partial charge on any atom is -0.500 e. The lowest BCUT2D eigenvalue weighted by atomic mass is 10.1. The summed E-state index contributed by atoms with van der Waals surface area (Å²) < 4.78 is 12.5. The number of aliphatic carboxylic acids is 1. The lowest BCUT2D eigenvalue weighted by Gasteiger charge is -2.26. The Morgan fingerprint density at radius 3 is 2.10 bits per heavy atom. The average Bonchev–Trinajstić information content (AvgIpc) is 2.98. The van der Waals surface area contributed by atoms with E-state index in [1.165, 1.54) is 5.56 Å². The number of para-hydroxylation sites is 2. The molecule has 42 heavy (non-hydrogen) atoms. The van der Waals surface area contributed by atoms with E-state index in [1.54, 1.807) is 6.07 Å². The number of carbonyl (C=O) groups is 1. The van der Waals surface area contributed by atoms with Crippen molar-refractivity contribution in [1.29, 1.82) is 0 Å². The molecule has 0 aliphatic carbocycles. The van der Waals surface area contributed by atoms with Crippen LogP contribution in [0.25, 0.3) is 4.85 Å². The quantitative estimate of drug-likeness (QED) is 0.164. The first kappa shape index (κ1) is 30.3. The molecule has 0 unspecified atom stereocenters. The highest BCUT2D eigenvalue weighted by Crippen LogP contribution is 2.34. The Morgan fingerprint density at radius 1 is 0.857 bits per heavy atom. The molecule has 0 fully saturated rings. The van der Waals surface area contributed by atoms with E-state index in [9.17, 15) is 9.90 Å². The molecule has 0 aliphatic rings. The van der Waals surface area contributed by atoms with Gasteiger partial charge in [0.25, 0.3) is 0 Å². The van der Waals surface area contributed by atoms with E-state index >= 15 is 0 Å². The van der Waals surface area contributed by atoms with Crippen molar-refractivity contribution in [2.24, 2.45) is 5.73 Å². The van der Waals surface area contributed by atoms with Crippen molar-refractivity contribution in [2.45, 2.75) is 52.6 Å². The molecule has 7 nitrogen and oxygen atoms in total. The SMILES string of the molecule is [C-]#[N+]c1cccc(CN(CC[C@H](N)C(=O)O)Cc2ccccc2OCc2cccc(C)c2)c1OCc1cccc(C)c1. The predicted molar refractivity (Wildman–Crippen MR) is 165 cm³/mol. The molecule has 3 N–H and O–H groups in total. The Morgan fingerprint density at radius 2 is 1.45 bits per heavy atom. The highest BCUT2D eigenvalue weighted by molar-refractivity contribution is 5.73. The molecule has 0 spiro atoms. The summed E-state index contributed by atoms with van der Waals surface area (Å²) in [5.41, 5.74) is 12.6. The number of benzene rings is 4. The van der Waals surface area contributed by atoms with Gasteiger partial charge in [-0.3, -0.25) is 9.69 Å². The van der Waals surface area contributed by atoms with Crippen LogP contribution in [0.2, 0.25) is 0 Å². The Balaban J connectivity index is 1.57. The van der Waals surface area contributed by atoms with Gasteiger partial charge in [0.2, 0.25) is 5.69 Å². The summed E-state index contributed by atoms with van der Waals surface area (Å²) in [6.07, 6.45) is 0.268. The smallest absolute Gasteiger partial charge is 0.320 e. The zero-order chi connectivity index (χ0) is 29.9. The molecule has 0 bridgehead atoms. The first-order valence-corrected chi connectivity index (χ1v) is 14.0. The van der Waals surface area contributed by atoms with Crippen LogP contribution in [0.5, 0.6) is 11.5 Å². The van der Waals surface area contributed by atoms with Crippen LogP contribution in [-0.2, 0) is 31.1 Å². The van der Waals surface area contributed by atoms with Crippen LogP contribution < -0.4 is 15.2 Å². The first-order valence-electron chi connectivity index (χ1n) is 14.0. The minimum atomic E-state index is -1.03. The van der Waals surface area contributed by atoms with Gasteiger partial charge in [-0.15, -0.1) is 0 Å². The fourth-order valence-electron chi connectivity index (χ4n) is 4.79. The maximum absolute atomic E-state index is 11.5. The van der Waals surface area contributed by atoms with Gasteiger partial charge in [0, 0.05) is 25.2 Å². The maximum Gasteiger partial charge on any atom is 0.320 e. The van der Waals surface area contributed by atoms with E-state index in [4.69, 9.17) is 21.8 Å². The number of hydrogen-bond acceptors (Lipinski definition) is 5. The Kier molecular flexibility index (Phi) is 10.7. The molecule has 216 valence electrons. The second-order valence-electron chi connectivity index (χ2n) is 10.5. The highest BCUT2D eigenvalue weighted by atomic mass is 16.5.